The Morgan fingerprint density at radius 1 is 1.03 bits per heavy atom. The zero-order valence-corrected chi connectivity index (χ0v) is 15.9. The fraction of sp³-hybridized carbons (Fsp3) is 0.111. The lowest BCUT2D eigenvalue weighted by Gasteiger charge is -2.18. The second-order valence-electron chi connectivity index (χ2n) is 6.03. The largest absolute Gasteiger partial charge is 0.349 e. The number of aromatic nitrogens is 2. The Morgan fingerprint density at radius 3 is 2.34 bits per heavy atom. The van der Waals surface area contributed by atoms with Crippen LogP contribution in [0.5, 0.6) is 0 Å². The van der Waals surface area contributed by atoms with Crippen molar-refractivity contribution in [1.29, 1.82) is 0 Å². The van der Waals surface area contributed by atoms with Crippen LogP contribution in [0.4, 0.5) is 28.8 Å². The molecule has 1 heterocycles. The number of hydrogen-bond acceptors (Lipinski definition) is 8. The van der Waals surface area contributed by atoms with Gasteiger partial charge in [-0.2, -0.15) is 4.98 Å². The summed E-state index contributed by atoms with van der Waals surface area (Å²) in [6.45, 7) is 0.0510. The molecule has 0 amide bonds. The highest BCUT2D eigenvalue weighted by atomic mass is 35.5. The van der Waals surface area contributed by atoms with Gasteiger partial charge in [-0.05, 0) is 24.3 Å². The molecule has 0 spiro atoms. The summed E-state index contributed by atoms with van der Waals surface area (Å²) in [7, 11) is 1.57. The number of nitro benzene ring substituents is 1. The standard InChI is InChI=1S/C18H15ClN6O4/c1-23(11-12-4-2-3-5-15(12)24(26)27)17-16(25(28)29)10-20-18(22-17)21-14-8-6-13(19)7-9-14/h2-10H,11H2,1H3,(H,20,21,22). The van der Waals surface area contributed by atoms with Gasteiger partial charge in [-0.25, -0.2) is 4.98 Å². The summed E-state index contributed by atoms with van der Waals surface area (Å²) in [6.07, 6.45) is 1.09. The normalized spacial score (nSPS) is 10.4. The van der Waals surface area contributed by atoms with E-state index in [2.05, 4.69) is 15.3 Å². The predicted molar refractivity (Wildman–Crippen MR) is 109 cm³/mol. The smallest absolute Gasteiger partial charge is 0.329 e. The average Bonchev–Trinajstić information content (AvgIpc) is 2.69. The molecule has 0 aliphatic carbocycles. The van der Waals surface area contributed by atoms with Crippen molar-refractivity contribution < 1.29 is 9.85 Å². The number of hydrogen-bond donors (Lipinski definition) is 1. The van der Waals surface area contributed by atoms with E-state index in [0.717, 1.165) is 6.20 Å². The van der Waals surface area contributed by atoms with Crippen molar-refractivity contribution in [2.45, 2.75) is 6.54 Å². The van der Waals surface area contributed by atoms with Crippen molar-refractivity contribution in [3.63, 3.8) is 0 Å². The molecule has 0 saturated heterocycles. The molecule has 0 unspecified atom stereocenters. The Labute approximate surface area is 170 Å². The van der Waals surface area contributed by atoms with E-state index < -0.39 is 9.85 Å². The number of rotatable bonds is 7. The van der Waals surface area contributed by atoms with Gasteiger partial charge in [0, 0.05) is 29.4 Å². The van der Waals surface area contributed by atoms with Crippen molar-refractivity contribution in [2.75, 3.05) is 17.3 Å². The number of para-hydroxylation sites is 1. The number of nitrogens with zero attached hydrogens (tertiary/aromatic N) is 5. The third kappa shape index (κ3) is 4.74. The summed E-state index contributed by atoms with van der Waals surface area (Å²) < 4.78 is 0. The van der Waals surface area contributed by atoms with Crippen LogP contribution in [-0.4, -0.2) is 26.9 Å². The van der Waals surface area contributed by atoms with Gasteiger partial charge in [0.15, 0.2) is 0 Å². The number of halogens is 1. The molecule has 148 valence electrons. The lowest BCUT2D eigenvalue weighted by molar-refractivity contribution is -0.385. The van der Waals surface area contributed by atoms with Gasteiger partial charge in [0.2, 0.25) is 11.8 Å². The number of benzene rings is 2. The molecule has 2 aromatic carbocycles. The van der Waals surface area contributed by atoms with E-state index in [0.29, 0.717) is 16.3 Å². The fourth-order valence-corrected chi connectivity index (χ4v) is 2.78. The lowest BCUT2D eigenvalue weighted by Crippen LogP contribution is -2.20. The van der Waals surface area contributed by atoms with E-state index in [4.69, 9.17) is 11.6 Å². The van der Waals surface area contributed by atoms with Crippen LogP contribution in [0, 0.1) is 20.2 Å². The topological polar surface area (TPSA) is 127 Å². The summed E-state index contributed by atoms with van der Waals surface area (Å²) in [5.41, 5.74) is 0.666. The van der Waals surface area contributed by atoms with Crippen LogP contribution < -0.4 is 10.2 Å². The van der Waals surface area contributed by atoms with Crippen LogP contribution in [-0.2, 0) is 6.54 Å². The summed E-state index contributed by atoms with van der Waals surface area (Å²) in [5.74, 6) is 0.168. The molecule has 0 fully saturated rings. The zero-order chi connectivity index (χ0) is 21.0. The fourth-order valence-electron chi connectivity index (χ4n) is 2.65. The molecule has 3 aromatic rings. The minimum atomic E-state index is -0.600. The van der Waals surface area contributed by atoms with Gasteiger partial charge >= 0.3 is 5.69 Å². The predicted octanol–water partition coefficient (Wildman–Crippen LogP) is 4.33. The third-order valence-electron chi connectivity index (χ3n) is 4.00. The molecule has 0 radical (unpaired) electrons. The molecule has 0 bridgehead atoms. The van der Waals surface area contributed by atoms with Gasteiger partial charge < -0.3 is 10.2 Å². The number of nitrogens with one attached hydrogen (secondary N) is 1. The zero-order valence-electron chi connectivity index (χ0n) is 15.2. The maximum absolute atomic E-state index is 11.4. The molecule has 29 heavy (non-hydrogen) atoms. The molecule has 1 N–H and O–H groups in total. The number of anilines is 3. The van der Waals surface area contributed by atoms with Gasteiger partial charge in [0.1, 0.15) is 6.20 Å². The minimum Gasteiger partial charge on any atom is -0.349 e. The molecular formula is C18H15ClN6O4. The van der Waals surface area contributed by atoms with E-state index >= 15 is 0 Å². The molecule has 0 aliphatic rings. The molecule has 0 atom stereocenters. The third-order valence-corrected chi connectivity index (χ3v) is 4.26. The van der Waals surface area contributed by atoms with Gasteiger partial charge in [0.25, 0.3) is 5.69 Å². The SMILES string of the molecule is CN(Cc1ccccc1[N+](=O)[O-])c1nc(Nc2ccc(Cl)cc2)ncc1[N+](=O)[O-]. The first kappa shape index (κ1) is 20.0. The highest BCUT2D eigenvalue weighted by molar-refractivity contribution is 6.30. The Morgan fingerprint density at radius 2 is 1.69 bits per heavy atom. The molecule has 0 saturated carbocycles. The van der Waals surface area contributed by atoms with Gasteiger partial charge in [-0.15, -0.1) is 0 Å². The van der Waals surface area contributed by atoms with E-state index in [1.165, 1.54) is 11.0 Å². The van der Waals surface area contributed by atoms with Crippen molar-refractivity contribution in [3.8, 4) is 0 Å². The van der Waals surface area contributed by atoms with Crippen LogP contribution in [0.3, 0.4) is 0 Å². The highest BCUT2D eigenvalue weighted by Gasteiger charge is 2.23. The first-order valence-corrected chi connectivity index (χ1v) is 8.70. The number of nitro groups is 2. The summed E-state index contributed by atoms with van der Waals surface area (Å²) >= 11 is 5.86. The van der Waals surface area contributed by atoms with Crippen LogP contribution in [0.2, 0.25) is 5.02 Å². The summed E-state index contributed by atoms with van der Waals surface area (Å²) in [6, 6.07) is 13.0. The Bertz CT molecular complexity index is 1060. The van der Waals surface area contributed by atoms with E-state index in [1.54, 1.807) is 49.5 Å². The molecule has 3 rings (SSSR count). The van der Waals surface area contributed by atoms with Gasteiger partial charge in [0.05, 0.1) is 16.4 Å². The maximum atomic E-state index is 11.4. The van der Waals surface area contributed by atoms with Crippen molar-refractivity contribution >= 4 is 40.4 Å². The molecule has 1 aromatic heterocycles. The first-order valence-electron chi connectivity index (χ1n) is 8.32. The van der Waals surface area contributed by atoms with E-state index in [-0.39, 0.29) is 29.7 Å². The van der Waals surface area contributed by atoms with Crippen LogP contribution in [0.1, 0.15) is 5.56 Å². The van der Waals surface area contributed by atoms with Crippen molar-refractivity contribution in [1.82, 2.24) is 9.97 Å². The summed E-state index contributed by atoms with van der Waals surface area (Å²) in [4.78, 5) is 31.2. The molecule has 0 aliphatic heterocycles. The minimum absolute atomic E-state index is 0.0274. The molecular weight excluding hydrogens is 400 g/mol. The second-order valence-corrected chi connectivity index (χ2v) is 6.47. The Hall–Kier alpha value is -3.79. The van der Waals surface area contributed by atoms with Crippen molar-refractivity contribution in [3.05, 3.63) is 85.5 Å². The van der Waals surface area contributed by atoms with E-state index in [9.17, 15) is 20.2 Å². The maximum Gasteiger partial charge on any atom is 0.329 e. The van der Waals surface area contributed by atoms with Crippen LogP contribution in [0.15, 0.2) is 54.7 Å². The van der Waals surface area contributed by atoms with Crippen LogP contribution >= 0.6 is 11.6 Å². The molecule has 11 heteroatoms. The van der Waals surface area contributed by atoms with E-state index in [1.807, 2.05) is 0 Å². The average molecular weight is 415 g/mol. The van der Waals surface area contributed by atoms with Gasteiger partial charge in [-0.3, -0.25) is 20.2 Å². The lowest BCUT2D eigenvalue weighted by atomic mass is 10.1. The monoisotopic (exact) mass is 414 g/mol. The quantitative estimate of drug-likeness (QED) is 0.447. The Kier molecular flexibility index (Phi) is 5.84. The summed E-state index contributed by atoms with van der Waals surface area (Å²) in [5, 5.41) is 26.2. The first-order chi connectivity index (χ1) is 13.8. The van der Waals surface area contributed by atoms with Crippen LogP contribution in [0.25, 0.3) is 0 Å². The highest BCUT2D eigenvalue weighted by Crippen LogP contribution is 2.29. The van der Waals surface area contributed by atoms with Crippen molar-refractivity contribution in [2.24, 2.45) is 0 Å². The Balaban J connectivity index is 1.92. The second kappa shape index (κ2) is 8.48. The molecule has 10 nitrogen and oxygen atoms in total. The van der Waals surface area contributed by atoms with Gasteiger partial charge in [-0.1, -0.05) is 29.8 Å².